The maximum Gasteiger partial charge on any atom is 0.121 e. The van der Waals surface area contributed by atoms with Gasteiger partial charge in [-0.3, -0.25) is 0 Å². The van der Waals surface area contributed by atoms with Gasteiger partial charge >= 0.3 is 0 Å². The van der Waals surface area contributed by atoms with E-state index >= 15 is 0 Å². The van der Waals surface area contributed by atoms with Crippen LogP contribution in [-0.4, -0.2) is 17.0 Å². The fourth-order valence-corrected chi connectivity index (χ4v) is 1.65. The lowest BCUT2D eigenvalue weighted by Gasteiger charge is -1.96. The molecule has 0 aliphatic heterocycles. The molecule has 16 heavy (non-hydrogen) atoms. The van der Waals surface area contributed by atoms with Crippen molar-refractivity contribution >= 4 is 12.4 Å². The number of hydrogen-bond acceptors (Lipinski definition) is 2. The zero-order valence-electron chi connectivity index (χ0n) is 9.45. The molecule has 1 aromatic heterocycles. The summed E-state index contributed by atoms with van der Waals surface area (Å²) in [7, 11) is 1.92. The first kappa shape index (κ1) is 12.7. The van der Waals surface area contributed by atoms with Crippen LogP contribution >= 0.6 is 12.4 Å². The molecule has 0 saturated heterocycles. The average molecular weight is 238 g/mol. The minimum atomic E-state index is 0. The van der Waals surface area contributed by atoms with E-state index in [0.29, 0.717) is 0 Å². The summed E-state index contributed by atoms with van der Waals surface area (Å²) in [5, 5.41) is 3.08. The van der Waals surface area contributed by atoms with Gasteiger partial charge in [0.2, 0.25) is 0 Å². The third kappa shape index (κ3) is 2.62. The summed E-state index contributed by atoms with van der Waals surface area (Å²) in [4.78, 5) is 7.82. The first-order valence-corrected chi connectivity index (χ1v) is 5.07. The van der Waals surface area contributed by atoms with Gasteiger partial charge < -0.3 is 10.3 Å². The van der Waals surface area contributed by atoms with Crippen molar-refractivity contribution in [2.45, 2.75) is 13.5 Å². The lowest BCUT2D eigenvalue weighted by Crippen LogP contribution is -2.06. The van der Waals surface area contributed by atoms with Gasteiger partial charge in [0.1, 0.15) is 5.82 Å². The summed E-state index contributed by atoms with van der Waals surface area (Å²) in [5.74, 6) is 0.980. The van der Waals surface area contributed by atoms with Crippen molar-refractivity contribution < 1.29 is 0 Å². The molecule has 2 aromatic rings. The van der Waals surface area contributed by atoms with E-state index in [-0.39, 0.29) is 12.4 Å². The molecule has 0 atom stereocenters. The largest absolute Gasteiger partial charge is 0.344 e. The van der Waals surface area contributed by atoms with Crippen molar-refractivity contribution in [1.82, 2.24) is 15.3 Å². The normalized spacial score (nSPS) is 9.88. The van der Waals surface area contributed by atoms with Crippen LogP contribution in [0.3, 0.4) is 0 Å². The van der Waals surface area contributed by atoms with E-state index in [0.717, 1.165) is 29.3 Å². The number of imidazole rings is 1. The monoisotopic (exact) mass is 237 g/mol. The molecule has 1 aromatic carbocycles. The van der Waals surface area contributed by atoms with Gasteiger partial charge in [-0.15, -0.1) is 12.4 Å². The average Bonchev–Trinajstić information content (AvgIpc) is 2.61. The molecule has 0 aliphatic rings. The second-order valence-corrected chi connectivity index (χ2v) is 3.55. The summed E-state index contributed by atoms with van der Waals surface area (Å²) < 4.78 is 0. The van der Waals surface area contributed by atoms with Crippen molar-refractivity contribution in [2.75, 3.05) is 7.05 Å². The van der Waals surface area contributed by atoms with Gasteiger partial charge in [0.25, 0.3) is 0 Å². The van der Waals surface area contributed by atoms with E-state index in [1.807, 2.05) is 25.2 Å². The zero-order chi connectivity index (χ0) is 10.7. The Balaban J connectivity index is 0.00000128. The Labute approximate surface area is 102 Å². The molecule has 0 aliphatic carbocycles. The Hall–Kier alpha value is -1.32. The highest BCUT2D eigenvalue weighted by molar-refractivity contribution is 5.85. The molecule has 4 heteroatoms. The van der Waals surface area contributed by atoms with Crippen LogP contribution < -0.4 is 5.32 Å². The Morgan fingerprint density at radius 2 is 1.94 bits per heavy atom. The van der Waals surface area contributed by atoms with Crippen molar-refractivity contribution in [1.29, 1.82) is 0 Å². The molecule has 3 nitrogen and oxygen atoms in total. The van der Waals surface area contributed by atoms with Crippen LogP contribution in [0.15, 0.2) is 30.3 Å². The number of aromatic nitrogens is 2. The molecule has 0 bridgehead atoms. The summed E-state index contributed by atoms with van der Waals surface area (Å²) in [6.45, 7) is 2.82. The van der Waals surface area contributed by atoms with Crippen LogP contribution in [0, 0.1) is 6.92 Å². The van der Waals surface area contributed by atoms with E-state index in [2.05, 4.69) is 34.3 Å². The Morgan fingerprint density at radius 1 is 1.25 bits per heavy atom. The van der Waals surface area contributed by atoms with E-state index < -0.39 is 0 Å². The molecular weight excluding hydrogens is 222 g/mol. The summed E-state index contributed by atoms with van der Waals surface area (Å²) >= 11 is 0. The Kier molecular flexibility index (Phi) is 4.52. The van der Waals surface area contributed by atoms with E-state index in [1.165, 1.54) is 0 Å². The summed E-state index contributed by atoms with van der Waals surface area (Å²) in [6, 6.07) is 10.2. The van der Waals surface area contributed by atoms with Gasteiger partial charge in [0.15, 0.2) is 0 Å². The van der Waals surface area contributed by atoms with Gasteiger partial charge in [-0.25, -0.2) is 4.98 Å². The number of hydrogen-bond donors (Lipinski definition) is 2. The van der Waals surface area contributed by atoms with Gasteiger partial charge in [-0.2, -0.15) is 0 Å². The van der Waals surface area contributed by atoms with Crippen LogP contribution in [0.5, 0.6) is 0 Å². The van der Waals surface area contributed by atoms with Crippen LogP contribution in [0.4, 0.5) is 0 Å². The number of benzene rings is 1. The van der Waals surface area contributed by atoms with Crippen LogP contribution in [0.2, 0.25) is 0 Å². The highest BCUT2D eigenvalue weighted by Gasteiger charge is 2.07. The number of nitrogens with one attached hydrogen (secondary N) is 2. The smallest absolute Gasteiger partial charge is 0.121 e. The number of aromatic amines is 1. The van der Waals surface area contributed by atoms with Crippen molar-refractivity contribution in [3.63, 3.8) is 0 Å². The highest BCUT2D eigenvalue weighted by atomic mass is 35.5. The molecule has 0 fully saturated rings. The summed E-state index contributed by atoms with van der Waals surface area (Å²) in [5.41, 5.74) is 3.32. The predicted octanol–water partition coefficient (Wildman–Crippen LogP) is 2.53. The van der Waals surface area contributed by atoms with E-state index in [1.54, 1.807) is 0 Å². The molecule has 2 rings (SSSR count). The molecule has 0 radical (unpaired) electrons. The van der Waals surface area contributed by atoms with Crippen molar-refractivity contribution in [3.8, 4) is 11.3 Å². The van der Waals surface area contributed by atoms with Crippen LogP contribution in [-0.2, 0) is 6.54 Å². The number of halogens is 1. The second kappa shape index (κ2) is 5.68. The lowest BCUT2D eigenvalue weighted by atomic mass is 10.1. The molecular formula is C12H16ClN3. The maximum absolute atomic E-state index is 4.55. The minimum Gasteiger partial charge on any atom is -0.344 e. The first-order chi connectivity index (χ1) is 7.31. The lowest BCUT2D eigenvalue weighted by molar-refractivity contribution is 0.770. The van der Waals surface area contributed by atoms with Gasteiger partial charge in [-0.1, -0.05) is 30.3 Å². The number of nitrogens with zero attached hydrogens (tertiary/aromatic N) is 1. The zero-order valence-corrected chi connectivity index (χ0v) is 10.3. The Morgan fingerprint density at radius 3 is 2.56 bits per heavy atom. The van der Waals surface area contributed by atoms with Gasteiger partial charge in [0.05, 0.1) is 12.2 Å². The van der Waals surface area contributed by atoms with E-state index in [9.17, 15) is 0 Å². The molecule has 1 heterocycles. The summed E-state index contributed by atoms with van der Waals surface area (Å²) in [6.07, 6.45) is 0. The SMILES string of the molecule is CNCc1nc(-c2ccccc2)c(C)[nH]1.Cl. The van der Waals surface area contributed by atoms with Crippen LogP contribution in [0.1, 0.15) is 11.5 Å². The third-order valence-corrected chi connectivity index (χ3v) is 2.33. The standard InChI is InChI=1S/C12H15N3.ClH/c1-9-12(10-6-4-3-5-7-10)15-11(14-9)8-13-2;/h3-7,13H,8H2,1-2H3,(H,14,15);1H. The number of aryl methyl sites for hydroxylation is 1. The first-order valence-electron chi connectivity index (χ1n) is 5.07. The topological polar surface area (TPSA) is 40.7 Å². The third-order valence-electron chi connectivity index (χ3n) is 2.33. The van der Waals surface area contributed by atoms with Gasteiger partial charge in [0, 0.05) is 11.3 Å². The fraction of sp³-hybridized carbons (Fsp3) is 0.250. The predicted molar refractivity (Wildman–Crippen MR) is 68.8 cm³/mol. The van der Waals surface area contributed by atoms with Crippen molar-refractivity contribution in [3.05, 3.63) is 41.9 Å². The Bertz CT molecular complexity index is 437. The number of rotatable bonds is 3. The van der Waals surface area contributed by atoms with Crippen LogP contribution in [0.25, 0.3) is 11.3 Å². The fourth-order valence-electron chi connectivity index (χ4n) is 1.65. The molecule has 0 amide bonds. The minimum absolute atomic E-state index is 0. The number of H-pyrrole nitrogens is 1. The molecule has 0 unspecified atom stereocenters. The van der Waals surface area contributed by atoms with E-state index in [4.69, 9.17) is 0 Å². The maximum atomic E-state index is 4.55. The molecule has 0 spiro atoms. The quantitative estimate of drug-likeness (QED) is 0.861. The molecule has 86 valence electrons. The molecule has 2 N–H and O–H groups in total. The second-order valence-electron chi connectivity index (χ2n) is 3.55. The van der Waals surface area contributed by atoms with Gasteiger partial charge in [-0.05, 0) is 14.0 Å². The molecule has 0 saturated carbocycles. The van der Waals surface area contributed by atoms with Crippen molar-refractivity contribution in [2.24, 2.45) is 0 Å². The highest BCUT2D eigenvalue weighted by Crippen LogP contribution is 2.20.